The van der Waals surface area contributed by atoms with E-state index in [4.69, 9.17) is 4.74 Å². The quantitative estimate of drug-likeness (QED) is 0.656. The van der Waals surface area contributed by atoms with E-state index in [0.29, 0.717) is 6.61 Å². The highest BCUT2D eigenvalue weighted by Gasteiger charge is 2.31. The molecule has 0 aromatic heterocycles. The van der Waals surface area contributed by atoms with Gasteiger partial charge in [0, 0.05) is 5.41 Å². The van der Waals surface area contributed by atoms with Crippen molar-refractivity contribution in [3.8, 4) is 17.2 Å². The van der Waals surface area contributed by atoms with Crippen molar-refractivity contribution in [2.45, 2.75) is 19.3 Å². The van der Waals surface area contributed by atoms with E-state index in [1.165, 1.54) is 0 Å². The number of phenolic OH excluding ortho intramolecular Hbond substituents is 2. The van der Waals surface area contributed by atoms with Crippen molar-refractivity contribution in [3.63, 3.8) is 0 Å². The first-order valence-corrected chi connectivity index (χ1v) is 8.36. The standard InChI is InChI=1S/C22H22O3/c1-3-25-21-14-8-18(9-15-21)22(2,16-4-10-19(23)11-5-16)17-6-12-20(24)13-7-17/h4-15,23-24H,3H2,1-2H3. The smallest absolute Gasteiger partial charge is 0.119 e. The van der Waals surface area contributed by atoms with Crippen molar-refractivity contribution < 1.29 is 14.9 Å². The molecule has 0 aliphatic heterocycles. The highest BCUT2D eigenvalue weighted by molar-refractivity contribution is 5.51. The van der Waals surface area contributed by atoms with E-state index in [2.05, 4.69) is 19.1 Å². The first-order valence-electron chi connectivity index (χ1n) is 8.36. The van der Waals surface area contributed by atoms with Gasteiger partial charge in [-0.25, -0.2) is 0 Å². The lowest BCUT2D eigenvalue weighted by Gasteiger charge is -2.32. The molecule has 0 aliphatic carbocycles. The van der Waals surface area contributed by atoms with Gasteiger partial charge in [-0.1, -0.05) is 36.4 Å². The van der Waals surface area contributed by atoms with E-state index in [9.17, 15) is 10.2 Å². The monoisotopic (exact) mass is 334 g/mol. The van der Waals surface area contributed by atoms with Gasteiger partial charge in [0.05, 0.1) is 6.61 Å². The van der Waals surface area contributed by atoms with Gasteiger partial charge in [0.1, 0.15) is 17.2 Å². The summed E-state index contributed by atoms with van der Waals surface area (Å²) < 4.78 is 5.55. The Balaban J connectivity index is 2.14. The van der Waals surface area contributed by atoms with Crippen molar-refractivity contribution >= 4 is 0 Å². The van der Waals surface area contributed by atoms with Crippen molar-refractivity contribution in [2.24, 2.45) is 0 Å². The Hall–Kier alpha value is -2.94. The summed E-state index contributed by atoms with van der Waals surface area (Å²) in [5.41, 5.74) is 2.79. The number of ether oxygens (including phenoxy) is 1. The first-order chi connectivity index (χ1) is 12.0. The fourth-order valence-electron chi connectivity index (χ4n) is 3.14. The van der Waals surface area contributed by atoms with Gasteiger partial charge in [-0.2, -0.15) is 0 Å². The second-order valence-electron chi connectivity index (χ2n) is 6.18. The van der Waals surface area contributed by atoms with Crippen molar-refractivity contribution in [1.82, 2.24) is 0 Å². The molecule has 0 bridgehead atoms. The maximum absolute atomic E-state index is 9.65. The van der Waals surface area contributed by atoms with Crippen LogP contribution in [-0.4, -0.2) is 16.8 Å². The third kappa shape index (κ3) is 3.31. The molecule has 0 saturated heterocycles. The molecule has 3 aromatic carbocycles. The third-order valence-corrected chi connectivity index (χ3v) is 4.63. The zero-order valence-corrected chi connectivity index (χ0v) is 14.4. The van der Waals surface area contributed by atoms with E-state index in [0.717, 1.165) is 22.4 Å². The Bertz CT molecular complexity index is 773. The number of hydrogen-bond acceptors (Lipinski definition) is 3. The molecule has 128 valence electrons. The lowest BCUT2D eigenvalue weighted by Crippen LogP contribution is -2.25. The fourth-order valence-corrected chi connectivity index (χ4v) is 3.14. The van der Waals surface area contributed by atoms with E-state index in [1.807, 2.05) is 43.3 Å². The molecule has 0 saturated carbocycles. The van der Waals surface area contributed by atoms with Gasteiger partial charge < -0.3 is 14.9 Å². The van der Waals surface area contributed by atoms with E-state index in [-0.39, 0.29) is 11.5 Å². The van der Waals surface area contributed by atoms with E-state index in [1.54, 1.807) is 24.3 Å². The molecular weight excluding hydrogens is 312 g/mol. The Labute approximate surface area is 148 Å². The molecule has 0 atom stereocenters. The highest BCUT2D eigenvalue weighted by Crippen LogP contribution is 2.40. The van der Waals surface area contributed by atoms with Crippen LogP contribution in [0.3, 0.4) is 0 Å². The van der Waals surface area contributed by atoms with Crippen LogP contribution >= 0.6 is 0 Å². The molecule has 0 heterocycles. The van der Waals surface area contributed by atoms with Crippen molar-refractivity contribution in [2.75, 3.05) is 6.61 Å². The van der Waals surface area contributed by atoms with Gasteiger partial charge in [-0.15, -0.1) is 0 Å². The summed E-state index contributed by atoms with van der Waals surface area (Å²) in [7, 11) is 0. The van der Waals surface area contributed by atoms with Crippen LogP contribution in [0, 0.1) is 0 Å². The van der Waals surface area contributed by atoms with Crippen LogP contribution in [0.25, 0.3) is 0 Å². The molecule has 0 aliphatic rings. The van der Waals surface area contributed by atoms with Crippen LogP contribution < -0.4 is 4.74 Å². The SMILES string of the molecule is CCOc1ccc(C(C)(c2ccc(O)cc2)c2ccc(O)cc2)cc1. The molecule has 2 N–H and O–H groups in total. The van der Waals surface area contributed by atoms with E-state index < -0.39 is 5.41 Å². The average molecular weight is 334 g/mol. The minimum atomic E-state index is -0.424. The van der Waals surface area contributed by atoms with Crippen LogP contribution in [0.4, 0.5) is 0 Å². The summed E-state index contributed by atoms with van der Waals surface area (Å²) in [6.07, 6.45) is 0. The molecule has 0 radical (unpaired) electrons. The predicted octanol–water partition coefficient (Wildman–Crippen LogP) is 4.85. The van der Waals surface area contributed by atoms with Crippen LogP contribution in [0.5, 0.6) is 17.2 Å². The molecule has 0 unspecified atom stereocenters. The molecule has 0 fully saturated rings. The third-order valence-electron chi connectivity index (χ3n) is 4.63. The lowest BCUT2D eigenvalue weighted by molar-refractivity contribution is 0.340. The van der Waals surface area contributed by atoms with Crippen LogP contribution in [0.2, 0.25) is 0 Å². The Morgan fingerprint density at radius 1 is 0.680 bits per heavy atom. The summed E-state index contributed by atoms with van der Waals surface area (Å²) in [6.45, 7) is 4.74. The number of hydrogen-bond donors (Lipinski definition) is 2. The lowest BCUT2D eigenvalue weighted by atomic mass is 9.71. The maximum atomic E-state index is 9.65. The molecule has 0 spiro atoms. The van der Waals surface area contributed by atoms with Gasteiger partial charge in [0.2, 0.25) is 0 Å². The molecule has 3 nitrogen and oxygen atoms in total. The fraction of sp³-hybridized carbons (Fsp3) is 0.182. The average Bonchev–Trinajstić information content (AvgIpc) is 2.63. The van der Waals surface area contributed by atoms with Gasteiger partial charge >= 0.3 is 0 Å². The van der Waals surface area contributed by atoms with Crippen LogP contribution in [0.1, 0.15) is 30.5 Å². The molecule has 0 amide bonds. The zero-order chi connectivity index (χ0) is 17.9. The van der Waals surface area contributed by atoms with Gasteiger partial charge in [-0.3, -0.25) is 0 Å². The van der Waals surface area contributed by atoms with Gasteiger partial charge in [0.15, 0.2) is 0 Å². The summed E-state index contributed by atoms with van der Waals surface area (Å²) in [4.78, 5) is 0. The Morgan fingerprint density at radius 3 is 1.40 bits per heavy atom. The number of aromatic hydroxyl groups is 2. The summed E-state index contributed by atoms with van der Waals surface area (Å²) in [5.74, 6) is 1.32. The molecule has 25 heavy (non-hydrogen) atoms. The minimum absolute atomic E-state index is 0.239. The number of rotatable bonds is 5. The second kappa shape index (κ2) is 6.89. The Morgan fingerprint density at radius 2 is 1.04 bits per heavy atom. The molecule has 3 aromatic rings. The highest BCUT2D eigenvalue weighted by atomic mass is 16.5. The summed E-state index contributed by atoms with van der Waals surface area (Å²) in [5, 5.41) is 19.3. The minimum Gasteiger partial charge on any atom is -0.508 e. The predicted molar refractivity (Wildman–Crippen MR) is 99.4 cm³/mol. The van der Waals surface area contributed by atoms with E-state index >= 15 is 0 Å². The Kier molecular flexibility index (Phi) is 4.66. The zero-order valence-electron chi connectivity index (χ0n) is 14.4. The summed E-state index contributed by atoms with van der Waals surface area (Å²) >= 11 is 0. The van der Waals surface area contributed by atoms with Crippen molar-refractivity contribution in [1.29, 1.82) is 0 Å². The van der Waals surface area contributed by atoms with Crippen LogP contribution in [0.15, 0.2) is 72.8 Å². The van der Waals surface area contributed by atoms with Gasteiger partial charge in [-0.05, 0) is 66.9 Å². The largest absolute Gasteiger partial charge is 0.508 e. The molecule has 3 heteroatoms. The molecule has 3 rings (SSSR count). The van der Waals surface area contributed by atoms with Crippen molar-refractivity contribution in [3.05, 3.63) is 89.5 Å². The molecular formula is C22H22O3. The second-order valence-corrected chi connectivity index (χ2v) is 6.18. The number of phenols is 2. The van der Waals surface area contributed by atoms with Gasteiger partial charge in [0.25, 0.3) is 0 Å². The maximum Gasteiger partial charge on any atom is 0.119 e. The topological polar surface area (TPSA) is 49.7 Å². The summed E-state index contributed by atoms with van der Waals surface area (Å²) in [6, 6.07) is 22.6. The first kappa shape index (κ1) is 16.9. The normalized spacial score (nSPS) is 11.3. The number of benzene rings is 3. The van der Waals surface area contributed by atoms with Crippen LogP contribution in [-0.2, 0) is 5.41 Å².